The number of benzene rings is 1. The third-order valence-corrected chi connectivity index (χ3v) is 8.42. The first-order valence-electron chi connectivity index (χ1n) is 14.1. The Kier molecular flexibility index (Phi) is 8.28. The van der Waals surface area contributed by atoms with E-state index in [1.807, 2.05) is 46.8 Å². The molecule has 4 rings (SSSR count). The summed E-state index contributed by atoms with van der Waals surface area (Å²) in [4.78, 5) is 46.6. The lowest BCUT2D eigenvalue weighted by Crippen LogP contribution is -2.57. The van der Waals surface area contributed by atoms with Crippen molar-refractivity contribution in [2.24, 2.45) is 16.5 Å². The summed E-state index contributed by atoms with van der Waals surface area (Å²) in [7, 11) is 1.64. The van der Waals surface area contributed by atoms with Crippen molar-refractivity contribution in [1.82, 2.24) is 10.2 Å². The third-order valence-electron chi connectivity index (χ3n) is 8.42. The summed E-state index contributed by atoms with van der Waals surface area (Å²) in [5.41, 5.74) is 2.02. The van der Waals surface area contributed by atoms with Gasteiger partial charge in [-0.15, -0.1) is 0 Å². The molecule has 0 radical (unpaired) electrons. The first-order valence-corrected chi connectivity index (χ1v) is 14.1. The number of oxime groups is 1. The van der Waals surface area contributed by atoms with E-state index in [9.17, 15) is 19.5 Å². The Morgan fingerprint density at radius 2 is 1.82 bits per heavy atom. The molecule has 3 atom stereocenters. The van der Waals surface area contributed by atoms with E-state index in [0.717, 1.165) is 53.8 Å². The molecule has 1 saturated heterocycles. The average Bonchev–Trinajstić information content (AvgIpc) is 3.46. The van der Waals surface area contributed by atoms with Crippen molar-refractivity contribution < 1.29 is 29.1 Å². The number of hydrogen-bond donors (Lipinski definition) is 2. The van der Waals surface area contributed by atoms with E-state index in [1.165, 1.54) is 11.3 Å². The van der Waals surface area contributed by atoms with Crippen LogP contribution in [-0.4, -0.2) is 64.8 Å². The van der Waals surface area contributed by atoms with Crippen LogP contribution < -0.4 is 10.1 Å². The van der Waals surface area contributed by atoms with Crippen molar-refractivity contribution >= 4 is 23.5 Å². The number of carbonyl (C=O) groups excluding carboxylic acids is 2. The lowest BCUT2D eigenvalue weighted by atomic mass is 9.84. The molecule has 0 unspecified atom stereocenters. The fourth-order valence-electron chi connectivity index (χ4n) is 6.40. The molecule has 39 heavy (non-hydrogen) atoms. The van der Waals surface area contributed by atoms with Gasteiger partial charge in [-0.2, -0.15) is 0 Å². The Morgan fingerprint density at radius 3 is 2.38 bits per heavy atom. The van der Waals surface area contributed by atoms with Crippen molar-refractivity contribution in [3.63, 3.8) is 0 Å². The summed E-state index contributed by atoms with van der Waals surface area (Å²) in [5.74, 6) is -0.477. The molecule has 2 heterocycles. The summed E-state index contributed by atoms with van der Waals surface area (Å²) in [6.07, 6.45) is 6.45. The molecule has 9 heteroatoms. The number of ether oxygens (including phenoxy) is 1. The van der Waals surface area contributed by atoms with Gasteiger partial charge in [0.2, 0.25) is 11.8 Å². The molecule has 2 N–H and O–H groups in total. The van der Waals surface area contributed by atoms with Gasteiger partial charge in [-0.05, 0) is 61.3 Å². The molecule has 9 nitrogen and oxygen atoms in total. The van der Waals surface area contributed by atoms with E-state index < -0.39 is 35.0 Å². The van der Waals surface area contributed by atoms with Gasteiger partial charge in [0.05, 0.1) is 19.4 Å². The Hall–Kier alpha value is -3.10. The minimum Gasteiger partial charge on any atom is -0.496 e. The number of aliphatic carboxylic acids is 1. The molecule has 1 aliphatic carbocycles. The predicted octanol–water partition coefficient (Wildman–Crippen LogP) is 4.36. The van der Waals surface area contributed by atoms with Crippen LogP contribution in [0.4, 0.5) is 0 Å². The van der Waals surface area contributed by atoms with E-state index >= 15 is 0 Å². The van der Waals surface area contributed by atoms with Gasteiger partial charge in [0.15, 0.2) is 5.60 Å². The van der Waals surface area contributed by atoms with Gasteiger partial charge in [-0.25, -0.2) is 4.79 Å². The van der Waals surface area contributed by atoms with Gasteiger partial charge in [0, 0.05) is 24.8 Å². The van der Waals surface area contributed by atoms with Crippen molar-refractivity contribution in [1.29, 1.82) is 0 Å². The quantitative estimate of drug-likeness (QED) is 0.530. The van der Waals surface area contributed by atoms with Crippen molar-refractivity contribution in [2.75, 3.05) is 13.7 Å². The van der Waals surface area contributed by atoms with Gasteiger partial charge in [-0.1, -0.05) is 45.2 Å². The maximum atomic E-state index is 13.9. The molecule has 3 aliphatic rings. The van der Waals surface area contributed by atoms with Crippen LogP contribution in [0.1, 0.15) is 88.8 Å². The second-order valence-corrected chi connectivity index (χ2v) is 12.7. The number of aryl methyl sites for hydroxylation is 2. The van der Waals surface area contributed by atoms with Gasteiger partial charge >= 0.3 is 5.97 Å². The monoisotopic (exact) mass is 541 g/mol. The SMILES string of the molecule is COc1c(C)cc(C2=NO[C@]3(C2)C[C@@H](C(=O)O)N(C(=O)[C@@H](NC(=O)CC2CCCCC2)C(C)(C)C)C3)cc1C. The Morgan fingerprint density at radius 1 is 1.18 bits per heavy atom. The number of nitrogens with one attached hydrogen (secondary N) is 1. The predicted molar refractivity (Wildman–Crippen MR) is 148 cm³/mol. The fraction of sp³-hybridized carbons (Fsp3) is 0.667. The van der Waals surface area contributed by atoms with Crippen LogP contribution in [0.25, 0.3) is 0 Å². The molecule has 0 aromatic heterocycles. The van der Waals surface area contributed by atoms with Crippen LogP contribution >= 0.6 is 0 Å². The first kappa shape index (κ1) is 28.9. The molecular formula is C30H43N3O6. The van der Waals surface area contributed by atoms with Crippen LogP contribution in [0.3, 0.4) is 0 Å². The molecule has 1 spiro atoms. The van der Waals surface area contributed by atoms with Crippen LogP contribution in [-0.2, 0) is 19.2 Å². The molecular weight excluding hydrogens is 498 g/mol. The van der Waals surface area contributed by atoms with E-state index in [0.29, 0.717) is 18.8 Å². The standard InChI is InChI=1S/C30H43N3O6/c1-18-12-21(13-19(2)25(18)38-6)22-15-30(39-32-22)16-23(28(36)37)33(17-30)27(35)26(29(3,4)5)31-24(34)14-20-10-8-7-9-11-20/h12-13,20,23,26H,7-11,14-17H2,1-6H3,(H,31,34)(H,36,37)/t23-,26+,30+/m0/s1. The number of likely N-dealkylation sites (tertiary alicyclic amines) is 1. The maximum Gasteiger partial charge on any atom is 0.326 e. The Balaban J connectivity index is 1.51. The second-order valence-electron chi connectivity index (χ2n) is 12.7. The van der Waals surface area contributed by atoms with Crippen LogP contribution in [0, 0.1) is 25.2 Å². The van der Waals surface area contributed by atoms with Gasteiger partial charge < -0.3 is 24.9 Å². The summed E-state index contributed by atoms with van der Waals surface area (Å²) in [6.45, 7) is 9.69. The minimum atomic E-state index is -1.09. The Bertz CT molecular complexity index is 1130. The highest BCUT2D eigenvalue weighted by Crippen LogP contribution is 2.40. The number of amides is 2. The summed E-state index contributed by atoms with van der Waals surface area (Å²) < 4.78 is 5.48. The minimum absolute atomic E-state index is 0.0923. The summed E-state index contributed by atoms with van der Waals surface area (Å²) in [6, 6.07) is 2.06. The largest absolute Gasteiger partial charge is 0.496 e. The van der Waals surface area contributed by atoms with E-state index in [-0.39, 0.29) is 18.9 Å². The number of nitrogens with zero attached hydrogens (tertiary/aromatic N) is 2. The topological polar surface area (TPSA) is 118 Å². The number of methoxy groups -OCH3 is 1. The number of carboxylic acids is 1. The smallest absolute Gasteiger partial charge is 0.326 e. The molecule has 1 aromatic carbocycles. The maximum absolute atomic E-state index is 13.9. The fourth-order valence-corrected chi connectivity index (χ4v) is 6.40. The third kappa shape index (κ3) is 6.23. The summed E-state index contributed by atoms with van der Waals surface area (Å²) in [5, 5.41) is 17.4. The highest BCUT2D eigenvalue weighted by molar-refractivity contribution is 6.02. The van der Waals surface area contributed by atoms with Crippen molar-refractivity contribution in [3.05, 3.63) is 28.8 Å². The lowest BCUT2D eigenvalue weighted by molar-refractivity contribution is -0.150. The highest BCUT2D eigenvalue weighted by Gasteiger charge is 2.55. The molecule has 1 saturated carbocycles. The zero-order valence-corrected chi connectivity index (χ0v) is 24.1. The number of carboxylic acid groups (broad SMARTS) is 1. The van der Waals surface area contributed by atoms with E-state index in [2.05, 4.69) is 10.5 Å². The lowest BCUT2D eigenvalue weighted by Gasteiger charge is -2.35. The van der Waals surface area contributed by atoms with Gasteiger partial charge in [0.1, 0.15) is 17.8 Å². The van der Waals surface area contributed by atoms with Crippen molar-refractivity contribution in [2.45, 2.75) is 104 Å². The van der Waals surface area contributed by atoms with Crippen LogP contribution in [0.15, 0.2) is 17.3 Å². The number of hydrogen-bond acceptors (Lipinski definition) is 6. The molecule has 1 aromatic rings. The molecule has 2 aliphatic heterocycles. The van der Waals surface area contributed by atoms with Crippen molar-refractivity contribution in [3.8, 4) is 5.75 Å². The number of rotatable bonds is 7. The normalized spacial score (nSPS) is 24.3. The van der Waals surface area contributed by atoms with E-state index in [1.54, 1.807) is 7.11 Å². The zero-order chi connectivity index (χ0) is 28.5. The molecule has 2 amide bonds. The van der Waals surface area contributed by atoms with Gasteiger partial charge in [-0.3, -0.25) is 9.59 Å². The first-order chi connectivity index (χ1) is 18.3. The number of carbonyl (C=O) groups is 3. The molecule has 214 valence electrons. The average molecular weight is 542 g/mol. The van der Waals surface area contributed by atoms with Crippen LogP contribution in [0.2, 0.25) is 0 Å². The zero-order valence-electron chi connectivity index (χ0n) is 24.1. The Labute approximate surface area is 231 Å². The van der Waals surface area contributed by atoms with Gasteiger partial charge in [0.25, 0.3) is 0 Å². The van der Waals surface area contributed by atoms with Crippen LogP contribution in [0.5, 0.6) is 5.75 Å². The molecule has 0 bridgehead atoms. The van der Waals surface area contributed by atoms with E-state index in [4.69, 9.17) is 9.57 Å². The molecule has 2 fully saturated rings. The summed E-state index contributed by atoms with van der Waals surface area (Å²) >= 11 is 0. The second kappa shape index (κ2) is 11.2. The highest BCUT2D eigenvalue weighted by atomic mass is 16.7.